The molecule has 1 heterocycles. The monoisotopic (exact) mass is 149 g/mol. The zero-order valence-electron chi connectivity index (χ0n) is 6.79. The number of nitrogens with zero attached hydrogens (tertiary/aromatic N) is 1. The van der Waals surface area contributed by atoms with Gasteiger partial charge in [-0.25, -0.2) is 0 Å². The summed E-state index contributed by atoms with van der Waals surface area (Å²) in [5.41, 5.74) is 2.01. The Morgan fingerprint density at radius 2 is 2.27 bits per heavy atom. The van der Waals surface area contributed by atoms with Crippen molar-refractivity contribution in [2.75, 3.05) is 7.11 Å². The maximum Gasteiger partial charge on any atom is 0.137 e. The Bertz CT molecular complexity index is 268. The van der Waals surface area contributed by atoms with Crippen molar-refractivity contribution in [3.05, 3.63) is 30.6 Å². The van der Waals surface area contributed by atoms with Crippen LogP contribution in [0.2, 0.25) is 0 Å². The summed E-state index contributed by atoms with van der Waals surface area (Å²) in [4.78, 5) is 3.99. The van der Waals surface area contributed by atoms with Crippen molar-refractivity contribution in [1.82, 2.24) is 4.98 Å². The summed E-state index contributed by atoms with van der Waals surface area (Å²) in [5, 5.41) is 0. The zero-order chi connectivity index (χ0) is 8.27. The number of hydrogen-bond donors (Lipinski definition) is 0. The van der Waals surface area contributed by atoms with Gasteiger partial charge >= 0.3 is 0 Å². The Labute approximate surface area is 66.5 Å². The van der Waals surface area contributed by atoms with Crippen LogP contribution < -0.4 is 4.74 Å². The first-order chi connectivity index (χ1) is 5.24. The van der Waals surface area contributed by atoms with E-state index in [1.54, 1.807) is 19.5 Å². The summed E-state index contributed by atoms with van der Waals surface area (Å²) in [6, 6.07) is 1.91. The van der Waals surface area contributed by atoms with Crippen molar-refractivity contribution in [2.45, 2.75) is 6.92 Å². The van der Waals surface area contributed by atoms with Crippen LogP contribution in [-0.4, -0.2) is 12.1 Å². The largest absolute Gasteiger partial charge is 0.495 e. The smallest absolute Gasteiger partial charge is 0.137 e. The average Bonchev–Trinajstić information content (AvgIpc) is 2.05. The molecule has 0 aliphatic heterocycles. The van der Waals surface area contributed by atoms with Gasteiger partial charge in [0.15, 0.2) is 0 Å². The third-order valence-corrected chi connectivity index (χ3v) is 1.44. The Balaban J connectivity index is 3.01. The Hall–Kier alpha value is -1.31. The highest BCUT2D eigenvalue weighted by molar-refractivity contribution is 5.61. The maximum absolute atomic E-state index is 5.00. The molecule has 0 spiro atoms. The van der Waals surface area contributed by atoms with Gasteiger partial charge in [-0.2, -0.15) is 0 Å². The SMILES string of the molecule is C=C(C)c1cncc(OC)c1. The second kappa shape index (κ2) is 3.19. The van der Waals surface area contributed by atoms with E-state index in [4.69, 9.17) is 4.74 Å². The van der Waals surface area contributed by atoms with E-state index in [0.29, 0.717) is 0 Å². The topological polar surface area (TPSA) is 22.1 Å². The van der Waals surface area contributed by atoms with Crippen LogP contribution >= 0.6 is 0 Å². The molecule has 0 aliphatic carbocycles. The van der Waals surface area contributed by atoms with Gasteiger partial charge in [0.05, 0.1) is 13.3 Å². The minimum absolute atomic E-state index is 0.769. The third-order valence-electron chi connectivity index (χ3n) is 1.44. The lowest BCUT2D eigenvalue weighted by Crippen LogP contribution is -1.86. The van der Waals surface area contributed by atoms with E-state index >= 15 is 0 Å². The molecule has 1 aromatic rings. The maximum atomic E-state index is 5.00. The number of ether oxygens (including phenoxy) is 1. The fraction of sp³-hybridized carbons (Fsp3) is 0.222. The highest BCUT2D eigenvalue weighted by Gasteiger charge is 1.95. The van der Waals surface area contributed by atoms with Crippen LogP contribution in [0.5, 0.6) is 5.75 Å². The molecule has 0 bridgehead atoms. The van der Waals surface area contributed by atoms with E-state index in [2.05, 4.69) is 11.6 Å². The molecule has 0 amide bonds. The van der Waals surface area contributed by atoms with Crippen LogP contribution in [0.3, 0.4) is 0 Å². The minimum Gasteiger partial charge on any atom is -0.495 e. The van der Waals surface area contributed by atoms with Crippen molar-refractivity contribution < 1.29 is 4.74 Å². The first-order valence-corrected chi connectivity index (χ1v) is 3.39. The van der Waals surface area contributed by atoms with Gasteiger partial charge in [-0.15, -0.1) is 0 Å². The van der Waals surface area contributed by atoms with E-state index in [1.807, 2.05) is 13.0 Å². The molecule has 58 valence electrons. The van der Waals surface area contributed by atoms with Crippen molar-refractivity contribution >= 4 is 5.57 Å². The molecule has 0 saturated carbocycles. The number of aromatic nitrogens is 1. The van der Waals surface area contributed by atoms with Crippen LogP contribution in [0.4, 0.5) is 0 Å². The predicted molar refractivity (Wildman–Crippen MR) is 45.5 cm³/mol. The Morgan fingerprint density at radius 3 is 2.82 bits per heavy atom. The van der Waals surface area contributed by atoms with E-state index in [1.165, 1.54) is 0 Å². The van der Waals surface area contributed by atoms with Crippen molar-refractivity contribution in [3.63, 3.8) is 0 Å². The van der Waals surface area contributed by atoms with Crippen LogP contribution in [-0.2, 0) is 0 Å². The summed E-state index contributed by atoms with van der Waals surface area (Å²) >= 11 is 0. The normalized spacial score (nSPS) is 9.27. The third kappa shape index (κ3) is 1.80. The van der Waals surface area contributed by atoms with Crippen LogP contribution in [0.1, 0.15) is 12.5 Å². The zero-order valence-corrected chi connectivity index (χ0v) is 6.79. The second-order valence-corrected chi connectivity index (χ2v) is 2.39. The number of rotatable bonds is 2. The molecule has 0 N–H and O–H groups in total. The van der Waals surface area contributed by atoms with Gasteiger partial charge < -0.3 is 4.74 Å². The molecule has 0 radical (unpaired) electrons. The molecule has 0 aliphatic rings. The van der Waals surface area contributed by atoms with Gasteiger partial charge in [-0.3, -0.25) is 4.98 Å². The van der Waals surface area contributed by atoms with Crippen molar-refractivity contribution in [1.29, 1.82) is 0 Å². The fourth-order valence-corrected chi connectivity index (χ4v) is 0.764. The molecule has 11 heavy (non-hydrogen) atoms. The van der Waals surface area contributed by atoms with Gasteiger partial charge in [0.25, 0.3) is 0 Å². The van der Waals surface area contributed by atoms with Gasteiger partial charge in [0, 0.05) is 6.20 Å². The van der Waals surface area contributed by atoms with Gasteiger partial charge in [-0.1, -0.05) is 6.58 Å². The summed E-state index contributed by atoms with van der Waals surface area (Å²) in [7, 11) is 1.62. The molecule has 0 saturated heterocycles. The van der Waals surface area contributed by atoms with Gasteiger partial charge in [0.2, 0.25) is 0 Å². The summed E-state index contributed by atoms with van der Waals surface area (Å²) in [6.07, 6.45) is 3.44. The van der Waals surface area contributed by atoms with Gasteiger partial charge in [-0.05, 0) is 24.1 Å². The van der Waals surface area contributed by atoms with Crippen molar-refractivity contribution in [2.24, 2.45) is 0 Å². The van der Waals surface area contributed by atoms with E-state index in [-0.39, 0.29) is 0 Å². The number of methoxy groups -OCH3 is 1. The molecule has 0 fully saturated rings. The molecular weight excluding hydrogens is 138 g/mol. The fourth-order valence-electron chi connectivity index (χ4n) is 0.764. The number of pyridine rings is 1. The van der Waals surface area contributed by atoms with Crippen LogP contribution in [0, 0.1) is 0 Å². The highest BCUT2D eigenvalue weighted by atomic mass is 16.5. The molecule has 0 atom stereocenters. The summed E-state index contributed by atoms with van der Waals surface area (Å²) in [5.74, 6) is 0.769. The first-order valence-electron chi connectivity index (χ1n) is 3.39. The van der Waals surface area contributed by atoms with Gasteiger partial charge in [0.1, 0.15) is 5.75 Å². The average molecular weight is 149 g/mol. The molecular formula is C9H11NO. The van der Waals surface area contributed by atoms with Crippen LogP contribution in [0.15, 0.2) is 25.0 Å². The van der Waals surface area contributed by atoms with Crippen molar-refractivity contribution in [3.8, 4) is 5.75 Å². The lowest BCUT2D eigenvalue weighted by molar-refractivity contribution is 0.412. The van der Waals surface area contributed by atoms with E-state index in [9.17, 15) is 0 Å². The first kappa shape index (κ1) is 7.79. The van der Waals surface area contributed by atoms with Crippen LogP contribution in [0.25, 0.3) is 5.57 Å². The number of hydrogen-bond acceptors (Lipinski definition) is 2. The molecule has 1 rings (SSSR count). The highest BCUT2D eigenvalue weighted by Crippen LogP contribution is 2.15. The minimum atomic E-state index is 0.769. The molecule has 0 aromatic carbocycles. The molecule has 1 aromatic heterocycles. The molecule has 0 unspecified atom stereocenters. The van der Waals surface area contributed by atoms with E-state index in [0.717, 1.165) is 16.9 Å². The number of allylic oxidation sites excluding steroid dienone is 1. The lowest BCUT2D eigenvalue weighted by Gasteiger charge is -2.01. The molecule has 2 nitrogen and oxygen atoms in total. The quantitative estimate of drug-likeness (QED) is 0.642. The Kier molecular flexibility index (Phi) is 2.26. The summed E-state index contributed by atoms with van der Waals surface area (Å²) < 4.78 is 5.00. The molecule has 2 heteroatoms. The Morgan fingerprint density at radius 1 is 1.55 bits per heavy atom. The standard InChI is InChI=1S/C9H11NO/c1-7(2)8-4-9(11-3)6-10-5-8/h4-6H,1H2,2-3H3. The lowest BCUT2D eigenvalue weighted by atomic mass is 10.1. The summed E-state index contributed by atoms with van der Waals surface area (Å²) in [6.45, 7) is 5.75. The van der Waals surface area contributed by atoms with E-state index < -0.39 is 0 Å². The second-order valence-electron chi connectivity index (χ2n) is 2.39. The predicted octanol–water partition coefficient (Wildman–Crippen LogP) is 2.12.